The predicted molar refractivity (Wildman–Crippen MR) is 71.4 cm³/mol. The fourth-order valence-electron chi connectivity index (χ4n) is 1.49. The normalized spacial score (nSPS) is 10.4. The van der Waals surface area contributed by atoms with E-state index in [1.807, 2.05) is 0 Å². The van der Waals surface area contributed by atoms with Gasteiger partial charge in [-0.15, -0.1) is 0 Å². The Hall–Kier alpha value is -1.26. The second-order valence-electron chi connectivity index (χ2n) is 3.67. The van der Waals surface area contributed by atoms with Crippen molar-refractivity contribution in [2.45, 2.75) is 6.42 Å². The average Bonchev–Trinajstić information content (AvgIpc) is 2.35. The summed E-state index contributed by atoms with van der Waals surface area (Å²) in [6.07, 6.45) is 1.70. The highest BCUT2D eigenvalue weighted by atomic mass is 79.9. The number of rotatable bonds is 3. The van der Waals surface area contributed by atoms with Gasteiger partial charge in [0.1, 0.15) is 5.82 Å². The van der Waals surface area contributed by atoms with Crippen LogP contribution in [0.2, 0.25) is 5.02 Å². The van der Waals surface area contributed by atoms with Crippen LogP contribution in [0.3, 0.4) is 0 Å². The molecular weight excluding hydrogens is 321 g/mol. The number of aromatic nitrogens is 1. The molecule has 0 aliphatic heterocycles. The first-order valence-corrected chi connectivity index (χ1v) is 6.32. The van der Waals surface area contributed by atoms with Gasteiger partial charge in [-0.1, -0.05) is 17.7 Å². The van der Waals surface area contributed by atoms with Crippen molar-refractivity contribution in [1.29, 1.82) is 0 Å². The second-order valence-corrected chi connectivity index (χ2v) is 4.96. The Morgan fingerprint density at radius 3 is 2.78 bits per heavy atom. The van der Waals surface area contributed by atoms with Crippen molar-refractivity contribution in [3.05, 3.63) is 63.1 Å². The molecule has 0 saturated heterocycles. The Kier molecular flexibility index (Phi) is 4.09. The number of hydrogen-bond donors (Lipinski definition) is 0. The fraction of sp³-hybridized carbons (Fsp3) is 0.0769. The maximum atomic E-state index is 13.2. The van der Waals surface area contributed by atoms with E-state index in [-0.39, 0.29) is 22.8 Å². The van der Waals surface area contributed by atoms with Crippen LogP contribution in [0.5, 0.6) is 0 Å². The topological polar surface area (TPSA) is 30.0 Å². The van der Waals surface area contributed by atoms with E-state index in [9.17, 15) is 9.18 Å². The zero-order chi connectivity index (χ0) is 13.1. The van der Waals surface area contributed by atoms with Gasteiger partial charge in [-0.25, -0.2) is 4.39 Å². The number of nitrogens with zero attached hydrogens (tertiary/aromatic N) is 1. The summed E-state index contributed by atoms with van der Waals surface area (Å²) < 4.78 is 14.1. The largest absolute Gasteiger partial charge is 0.294 e. The number of carbonyl (C=O) groups is 1. The van der Waals surface area contributed by atoms with E-state index < -0.39 is 5.82 Å². The third-order valence-corrected chi connectivity index (χ3v) is 3.24. The van der Waals surface area contributed by atoms with Crippen molar-refractivity contribution in [2.24, 2.45) is 0 Å². The van der Waals surface area contributed by atoms with Gasteiger partial charge in [0.25, 0.3) is 0 Å². The van der Waals surface area contributed by atoms with E-state index in [0.29, 0.717) is 5.69 Å². The smallest absolute Gasteiger partial charge is 0.170 e. The van der Waals surface area contributed by atoms with Crippen LogP contribution in [0.1, 0.15) is 16.1 Å². The second kappa shape index (κ2) is 5.59. The molecule has 0 aliphatic carbocycles. The van der Waals surface area contributed by atoms with E-state index in [2.05, 4.69) is 20.9 Å². The molecule has 2 rings (SSSR count). The van der Waals surface area contributed by atoms with Crippen LogP contribution in [0.25, 0.3) is 0 Å². The lowest BCUT2D eigenvalue weighted by Gasteiger charge is -2.04. The first-order valence-electron chi connectivity index (χ1n) is 5.15. The van der Waals surface area contributed by atoms with Crippen LogP contribution in [0.15, 0.2) is 41.0 Å². The number of pyridine rings is 1. The van der Waals surface area contributed by atoms with Crippen LogP contribution in [-0.4, -0.2) is 10.8 Å². The summed E-state index contributed by atoms with van der Waals surface area (Å²) in [4.78, 5) is 16.1. The van der Waals surface area contributed by atoms with Crippen LogP contribution in [-0.2, 0) is 6.42 Å². The molecule has 0 N–H and O–H groups in total. The molecule has 0 bridgehead atoms. The van der Waals surface area contributed by atoms with Gasteiger partial charge in [-0.05, 0) is 40.2 Å². The molecule has 0 unspecified atom stereocenters. The standard InChI is InChI=1S/C13H8BrClFNO/c14-8-4-5-9(17-7-8)6-12(18)10-2-1-3-11(16)13(10)15/h1-5,7H,6H2. The SMILES string of the molecule is O=C(Cc1ccc(Br)cn1)c1cccc(F)c1Cl. The van der Waals surface area contributed by atoms with Crippen LogP contribution < -0.4 is 0 Å². The van der Waals surface area contributed by atoms with Crippen LogP contribution >= 0.6 is 27.5 Å². The van der Waals surface area contributed by atoms with Gasteiger partial charge >= 0.3 is 0 Å². The minimum atomic E-state index is -0.591. The van der Waals surface area contributed by atoms with Gasteiger partial charge in [0.15, 0.2) is 5.78 Å². The number of ketones is 1. The van der Waals surface area contributed by atoms with E-state index in [0.717, 1.165) is 4.47 Å². The van der Waals surface area contributed by atoms with Gasteiger partial charge < -0.3 is 0 Å². The molecule has 92 valence electrons. The molecule has 2 aromatic rings. The van der Waals surface area contributed by atoms with E-state index in [4.69, 9.17) is 11.6 Å². The molecule has 1 aromatic heterocycles. The Morgan fingerprint density at radius 1 is 1.33 bits per heavy atom. The number of hydrogen-bond acceptors (Lipinski definition) is 2. The molecule has 5 heteroatoms. The summed E-state index contributed by atoms with van der Waals surface area (Å²) in [5.41, 5.74) is 0.796. The molecule has 2 nitrogen and oxygen atoms in total. The minimum Gasteiger partial charge on any atom is -0.294 e. The van der Waals surface area contributed by atoms with Crippen molar-refractivity contribution in [3.63, 3.8) is 0 Å². The molecule has 1 aromatic carbocycles. The molecule has 18 heavy (non-hydrogen) atoms. The highest BCUT2D eigenvalue weighted by Crippen LogP contribution is 2.21. The van der Waals surface area contributed by atoms with Gasteiger partial charge in [0, 0.05) is 21.9 Å². The lowest BCUT2D eigenvalue weighted by Crippen LogP contribution is -2.06. The molecule has 0 radical (unpaired) electrons. The third-order valence-electron chi connectivity index (χ3n) is 2.38. The van der Waals surface area contributed by atoms with Crippen molar-refractivity contribution < 1.29 is 9.18 Å². The van der Waals surface area contributed by atoms with E-state index in [1.54, 1.807) is 18.3 Å². The van der Waals surface area contributed by atoms with Crippen molar-refractivity contribution in [1.82, 2.24) is 4.98 Å². The van der Waals surface area contributed by atoms with Crippen LogP contribution in [0, 0.1) is 5.82 Å². The molecule has 1 heterocycles. The van der Waals surface area contributed by atoms with Gasteiger partial charge in [-0.2, -0.15) is 0 Å². The minimum absolute atomic E-state index is 0.0937. The summed E-state index contributed by atoms with van der Waals surface area (Å²) >= 11 is 9.02. The summed E-state index contributed by atoms with van der Waals surface area (Å²) in [6.45, 7) is 0. The third kappa shape index (κ3) is 2.94. The van der Waals surface area contributed by atoms with Crippen LogP contribution in [0.4, 0.5) is 4.39 Å². The zero-order valence-corrected chi connectivity index (χ0v) is 11.5. The fourth-order valence-corrected chi connectivity index (χ4v) is 1.96. The Morgan fingerprint density at radius 2 is 2.11 bits per heavy atom. The summed E-state index contributed by atoms with van der Waals surface area (Å²) in [5.74, 6) is -0.847. The molecule has 0 atom stereocenters. The van der Waals surface area contributed by atoms with Gasteiger partial charge in [-0.3, -0.25) is 9.78 Å². The highest BCUT2D eigenvalue weighted by molar-refractivity contribution is 9.10. The quantitative estimate of drug-likeness (QED) is 0.795. The van der Waals surface area contributed by atoms with Crippen molar-refractivity contribution >= 4 is 33.3 Å². The first-order chi connectivity index (χ1) is 8.58. The van der Waals surface area contributed by atoms with E-state index >= 15 is 0 Å². The van der Waals surface area contributed by atoms with Gasteiger partial charge in [0.2, 0.25) is 0 Å². The summed E-state index contributed by atoms with van der Waals surface area (Å²) in [6, 6.07) is 7.71. The Bertz CT molecular complexity index is 586. The molecule has 0 fully saturated rings. The first kappa shape index (κ1) is 13.2. The molecule has 0 saturated carbocycles. The number of Topliss-reactive ketones (excluding diaryl/α,β-unsaturated/α-hetero) is 1. The van der Waals surface area contributed by atoms with Crippen molar-refractivity contribution in [3.8, 4) is 0 Å². The maximum Gasteiger partial charge on any atom is 0.170 e. The summed E-state index contributed by atoms with van der Waals surface area (Å²) in [7, 11) is 0. The monoisotopic (exact) mass is 327 g/mol. The lowest BCUT2D eigenvalue weighted by molar-refractivity contribution is 0.0991. The molecule has 0 spiro atoms. The highest BCUT2D eigenvalue weighted by Gasteiger charge is 2.14. The predicted octanol–water partition coefficient (Wildman–Crippen LogP) is 4.06. The van der Waals surface area contributed by atoms with Crippen molar-refractivity contribution in [2.75, 3.05) is 0 Å². The Balaban J connectivity index is 2.22. The van der Waals surface area contributed by atoms with E-state index in [1.165, 1.54) is 18.2 Å². The Labute approximate surface area is 117 Å². The lowest BCUT2D eigenvalue weighted by atomic mass is 10.1. The molecular formula is C13H8BrClFNO. The van der Waals surface area contributed by atoms with Gasteiger partial charge in [0.05, 0.1) is 11.4 Å². The average molecular weight is 329 g/mol. The molecule has 0 aliphatic rings. The zero-order valence-electron chi connectivity index (χ0n) is 9.16. The number of carbonyl (C=O) groups excluding carboxylic acids is 1. The maximum absolute atomic E-state index is 13.2. The number of benzene rings is 1. The summed E-state index contributed by atoms with van der Waals surface area (Å²) in [5, 5.41) is -0.139. The number of halogens is 3. The molecule has 0 amide bonds.